The molecule has 3 amide bonds. The molecule has 2 aliphatic rings. The Morgan fingerprint density at radius 1 is 0.893 bits per heavy atom. The van der Waals surface area contributed by atoms with Crippen molar-refractivity contribution in [2.24, 2.45) is 4.99 Å². The molecule has 1 unspecified atom stereocenters. The number of nitrogens with zero attached hydrogens (tertiary/aromatic N) is 3. The number of amides is 3. The van der Waals surface area contributed by atoms with Crippen molar-refractivity contribution in [2.75, 3.05) is 31.7 Å². The lowest BCUT2D eigenvalue weighted by Crippen LogP contribution is -2.59. The number of esters is 1. The van der Waals surface area contributed by atoms with Crippen molar-refractivity contribution in [1.29, 1.82) is 0 Å². The lowest BCUT2D eigenvalue weighted by atomic mass is 10.1. The van der Waals surface area contributed by atoms with Crippen molar-refractivity contribution in [3.63, 3.8) is 0 Å². The van der Waals surface area contributed by atoms with E-state index in [0.717, 1.165) is 35.3 Å². The van der Waals surface area contributed by atoms with Crippen LogP contribution in [0, 0.1) is 0 Å². The van der Waals surface area contributed by atoms with Crippen LogP contribution in [0.2, 0.25) is 0 Å². The standard InChI is InChI=1S/C41H58N4O9S2/c1-7-9-10-11-12-13-14-15-16-21-28-52-29-22-27-44-35(42-31-24-18-20-26-33(31)56(44,50)51)34(45-37(47)40(3,4)54-39(45)49)36(46)43-30-23-17-19-25-32(30)55-41(5,6)38(48)53-8-2/h17-20,23-26,34H,7-16,21-22,27-29H2,1-6H3,(H,43,46). The summed E-state index contributed by atoms with van der Waals surface area (Å²) in [6.45, 7) is 10.9. The van der Waals surface area contributed by atoms with E-state index in [9.17, 15) is 27.6 Å². The molecule has 4 rings (SSSR count). The topological polar surface area (TPSA) is 161 Å². The minimum atomic E-state index is -4.32. The van der Waals surface area contributed by atoms with E-state index in [1.807, 2.05) is 0 Å². The van der Waals surface area contributed by atoms with Gasteiger partial charge in [0.1, 0.15) is 9.64 Å². The van der Waals surface area contributed by atoms with Gasteiger partial charge >= 0.3 is 12.1 Å². The van der Waals surface area contributed by atoms with Gasteiger partial charge in [-0.15, -0.1) is 11.8 Å². The maximum atomic E-state index is 14.6. The number of anilines is 1. The van der Waals surface area contributed by atoms with Crippen molar-refractivity contribution in [1.82, 2.24) is 9.21 Å². The average Bonchev–Trinajstić information content (AvgIpc) is 3.35. The van der Waals surface area contributed by atoms with Crippen LogP contribution >= 0.6 is 11.8 Å². The number of ether oxygens (including phenoxy) is 3. The molecule has 0 spiro atoms. The number of hydrogen-bond acceptors (Lipinski definition) is 11. The van der Waals surface area contributed by atoms with Crippen molar-refractivity contribution in [3.05, 3.63) is 48.5 Å². The first kappa shape index (κ1) is 44.8. The third-order valence-corrected chi connectivity index (χ3v) is 12.6. The molecule has 2 heterocycles. The monoisotopic (exact) mass is 814 g/mol. The van der Waals surface area contributed by atoms with Crippen molar-refractivity contribution in [2.45, 2.75) is 138 Å². The second kappa shape index (κ2) is 20.5. The second-order valence-corrected chi connectivity index (χ2v) is 18.4. The summed E-state index contributed by atoms with van der Waals surface area (Å²) in [5, 5.41) is 2.80. The number of carbonyl (C=O) groups is 4. The average molecular weight is 815 g/mol. The summed E-state index contributed by atoms with van der Waals surface area (Å²) in [6, 6.07) is 11.0. The molecular weight excluding hydrogens is 757 g/mol. The van der Waals surface area contributed by atoms with Gasteiger partial charge in [0.15, 0.2) is 17.5 Å². The maximum Gasteiger partial charge on any atom is 0.418 e. The van der Waals surface area contributed by atoms with Crippen molar-refractivity contribution < 1.29 is 41.8 Å². The van der Waals surface area contributed by atoms with E-state index in [0.29, 0.717) is 16.4 Å². The summed E-state index contributed by atoms with van der Waals surface area (Å²) in [4.78, 5) is 60.3. The first-order chi connectivity index (χ1) is 26.7. The number of nitrogens with one attached hydrogen (secondary N) is 1. The van der Waals surface area contributed by atoms with Crippen LogP contribution in [0.4, 0.5) is 16.2 Å². The molecule has 0 saturated carbocycles. The van der Waals surface area contributed by atoms with Gasteiger partial charge in [-0.2, -0.15) is 0 Å². The number of benzene rings is 2. The molecule has 1 atom stereocenters. The van der Waals surface area contributed by atoms with Gasteiger partial charge in [0.05, 0.1) is 18.0 Å². The van der Waals surface area contributed by atoms with Gasteiger partial charge in [0, 0.05) is 24.7 Å². The number of imide groups is 1. The number of amidine groups is 1. The van der Waals surface area contributed by atoms with Gasteiger partial charge < -0.3 is 19.5 Å². The number of para-hydroxylation sites is 2. The molecule has 1 N–H and O–H groups in total. The predicted molar refractivity (Wildman–Crippen MR) is 218 cm³/mol. The molecule has 0 aliphatic carbocycles. The molecule has 15 heteroatoms. The van der Waals surface area contributed by atoms with E-state index >= 15 is 0 Å². The number of carbonyl (C=O) groups excluding carboxylic acids is 4. The third kappa shape index (κ3) is 11.3. The number of fused-ring (bicyclic) bond motifs is 1. The fraction of sp³-hybridized carbons (Fsp3) is 0.585. The van der Waals surface area contributed by atoms with Gasteiger partial charge in [-0.25, -0.2) is 23.1 Å². The molecule has 1 fully saturated rings. The fourth-order valence-electron chi connectivity index (χ4n) is 6.46. The molecule has 0 bridgehead atoms. The van der Waals surface area contributed by atoms with Gasteiger partial charge in [0.25, 0.3) is 21.8 Å². The van der Waals surface area contributed by atoms with E-state index in [2.05, 4.69) is 17.2 Å². The first-order valence-corrected chi connectivity index (χ1v) is 22.0. The van der Waals surface area contributed by atoms with E-state index in [4.69, 9.17) is 14.2 Å². The van der Waals surface area contributed by atoms with E-state index in [-0.39, 0.29) is 48.3 Å². The van der Waals surface area contributed by atoms with E-state index in [1.54, 1.807) is 57.2 Å². The first-order valence-electron chi connectivity index (χ1n) is 19.8. The smallest absolute Gasteiger partial charge is 0.418 e. The van der Waals surface area contributed by atoms with Crippen LogP contribution in [0.1, 0.15) is 112 Å². The zero-order chi connectivity index (χ0) is 40.9. The Morgan fingerprint density at radius 3 is 2.14 bits per heavy atom. The highest BCUT2D eigenvalue weighted by Crippen LogP contribution is 2.39. The summed E-state index contributed by atoms with van der Waals surface area (Å²) in [5.74, 6) is -2.55. The number of unbranched alkanes of at least 4 members (excludes halogenated alkanes) is 9. The van der Waals surface area contributed by atoms with Crippen LogP contribution in [0.25, 0.3) is 0 Å². The highest BCUT2D eigenvalue weighted by Gasteiger charge is 2.55. The maximum absolute atomic E-state index is 14.6. The Morgan fingerprint density at radius 2 is 1.50 bits per heavy atom. The SMILES string of the molecule is CCCCCCCCCCCCOCCCN1C(C(C(=O)Nc2ccccc2SC(C)(C)C(=O)OCC)N2C(=O)OC(C)(C)C2=O)=Nc2ccccc2S1(=O)=O. The van der Waals surface area contributed by atoms with Gasteiger partial charge in [-0.1, -0.05) is 89.0 Å². The van der Waals surface area contributed by atoms with Gasteiger partial charge in [-0.3, -0.25) is 18.7 Å². The van der Waals surface area contributed by atoms with E-state index in [1.165, 1.54) is 70.9 Å². The molecular formula is C41H58N4O9S2. The Kier molecular flexibility index (Phi) is 16.4. The number of hydrogen-bond donors (Lipinski definition) is 1. The van der Waals surface area contributed by atoms with Crippen LogP contribution in [0.15, 0.2) is 63.3 Å². The summed E-state index contributed by atoms with van der Waals surface area (Å²) in [5.41, 5.74) is -1.32. The van der Waals surface area contributed by atoms with Crippen molar-refractivity contribution in [3.8, 4) is 0 Å². The molecule has 1 saturated heterocycles. The summed E-state index contributed by atoms with van der Waals surface area (Å²) >= 11 is 1.15. The molecule has 2 aromatic rings. The number of cyclic esters (lactones) is 1. The second-order valence-electron chi connectivity index (χ2n) is 14.9. The van der Waals surface area contributed by atoms with Crippen LogP contribution in [0.3, 0.4) is 0 Å². The molecule has 0 aromatic heterocycles. The number of thioether (sulfide) groups is 1. The highest BCUT2D eigenvalue weighted by atomic mass is 32.2. The van der Waals surface area contributed by atoms with Gasteiger partial charge in [0.2, 0.25) is 0 Å². The molecule has 56 heavy (non-hydrogen) atoms. The molecule has 2 aliphatic heterocycles. The molecule has 13 nitrogen and oxygen atoms in total. The molecule has 308 valence electrons. The fourth-order valence-corrected chi connectivity index (χ4v) is 9.15. The summed E-state index contributed by atoms with van der Waals surface area (Å²) in [7, 11) is -4.32. The number of rotatable bonds is 23. The minimum absolute atomic E-state index is 0.0557. The number of sulfonamides is 1. The van der Waals surface area contributed by atoms with Gasteiger partial charge in [-0.05, 0) is 71.7 Å². The number of aliphatic imine (C=N–C) groups is 1. The van der Waals surface area contributed by atoms with Crippen LogP contribution in [-0.4, -0.2) is 90.1 Å². The third-order valence-electron chi connectivity index (χ3n) is 9.52. The predicted octanol–water partition coefficient (Wildman–Crippen LogP) is 8.25. The Labute approximate surface area is 336 Å². The Balaban J connectivity index is 1.57. The zero-order valence-electron chi connectivity index (χ0n) is 33.6. The lowest BCUT2D eigenvalue weighted by molar-refractivity contribution is -0.145. The largest absolute Gasteiger partial charge is 0.465 e. The molecule has 0 radical (unpaired) electrons. The quantitative estimate of drug-likeness (QED) is 0.0657. The van der Waals surface area contributed by atoms with Crippen LogP contribution in [0.5, 0.6) is 0 Å². The Bertz CT molecular complexity index is 1830. The van der Waals surface area contributed by atoms with Crippen LogP contribution < -0.4 is 5.32 Å². The van der Waals surface area contributed by atoms with Crippen LogP contribution in [-0.2, 0) is 38.6 Å². The summed E-state index contributed by atoms with van der Waals surface area (Å²) in [6.07, 6.45) is 11.1. The minimum Gasteiger partial charge on any atom is -0.465 e. The Hall–Kier alpha value is -3.95. The summed E-state index contributed by atoms with van der Waals surface area (Å²) < 4.78 is 45.1. The highest BCUT2D eigenvalue weighted by molar-refractivity contribution is 8.01. The molecule has 2 aromatic carbocycles. The zero-order valence-corrected chi connectivity index (χ0v) is 35.3. The van der Waals surface area contributed by atoms with E-state index < -0.39 is 50.3 Å². The van der Waals surface area contributed by atoms with Crippen molar-refractivity contribution >= 4 is 62.9 Å². The lowest BCUT2D eigenvalue weighted by Gasteiger charge is -2.35. The normalized spacial score (nSPS) is 16.6.